The highest BCUT2D eigenvalue weighted by molar-refractivity contribution is 6.31. The molecule has 7 heteroatoms. The molecule has 1 aromatic carbocycles. The van der Waals surface area contributed by atoms with Crippen LogP contribution < -0.4 is 10.2 Å². The summed E-state index contributed by atoms with van der Waals surface area (Å²) in [4.78, 5) is 36.9. The molecule has 0 radical (unpaired) electrons. The first kappa shape index (κ1) is 17.3. The summed E-state index contributed by atoms with van der Waals surface area (Å²) < 4.78 is 4.54. The zero-order chi connectivity index (χ0) is 16.8. The molecule has 0 aromatic heterocycles. The Labute approximate surface area is 139 Å². The summed E-state index contributed by atoms with van der Waals surface area (Å²) in [5.41, 5.74) is 0.938. The highest BCUT2D eigenvalue weighted by atomic mass is 35.5. The summed E-state index contributed by atoms with van der Waals surface area (Å²) in [5, 5.41) is 3.22. The third-order valence-electron chi connectivity index (χ3n) is 3.64. The standard InChI is InChI=1S/C16H19ClN2O4/c1-23-15(21)5-2-8-18-16(22)12-7-6-11(17)10-13(12)19-9-3-4-14(19)20/h6-7,10H,2-5,8-9H2,1H3,(H,18,22). The topological polar surface area (TPSA) is 75.7 Å². The molecule has 1 N–H and O–H groups in total. The van der Waals surface area contributed by atoms with E-state index in [2.05, 4.69) is 10.1 Å². The molecule has 6 nitrogen and oxygen atoms in total. The Balaban J connectivity index is 2.05. The number of esters is 1. The monoisotopic (exact) mass is 338 g/mol. The highest BCUT2D eigenvalue weighted by Gasteiger charge is 2.26. The Morgan fingerprint density at radius 2 is 2.17 bits per heavy atom. The summed E-state index contributed by atoms with van der Waals surface area (Å²) in [5.74, 6) is -0.609. The maximum atomic E-state index is 12.3. The van der Waals surface area contributed by atoms with Crippen molar-refractivity contribution in [3.8, 4) is 0 Å². The largest absolute Gasteiger partial charge is 0.469 e. The van der Waals surface area contributed by atoms with Crippen LogP contribution in [0.15, 0.2) is 18.2 Å². The quantitative estimate of drug-likeness (QED) is 0.637. The molecule has 1 saturated heterocycles. The predicted molar refractivity (Wildman–Crippen MR) is 86.6 cm³/mol. The number of anilines is 1. The first-order valence-electron chi connectivity index (χ1n) is 7.48. The van der Waals surface area contributed by atoms with E-state index in [0.29, 0.717) is 42.2 Å². The van der Waals surface area contributed by atoms with Gasteiger partial charge in [-0.25, -0.2) is 0 Å². The van der Waals surface area contributed by atoms with Gasteiger partial charge in [0, 0.05) is 31.0 Å². The average molecular weight is 339 g/mol. The minimum Gasteiger partial charge on any atom is -0.469 e. The van der Waals surface area contributed by atoms with Crippen molar-refractivity contribution in [1.82, 2.24) is 5.32 Å². The third-order valence-corrected chi connectivity index (χ3v) is 3.87. The number of methoxy groups -OCH3 is 1. The molecule has 2 rings (SSSR count). The van der Waals surface area contributed by atoms with Gasteiger partial charge in [0.2, 0.25) is 5.91 Å². The van der Waals surface area contributed by atoms with Gasteiger partial charge < -0.3 is 15.0 Å². The molecule has 1 heterocycles. The summed E-state index contributed by atoms with van der Waals surface area (Å²) in [6, 6.07) is 4.86. The molecule has 0 atom stereocenters. The van der Waals surface area contributed by atoms with E-state index in [9.17, 15) is 14.4 Å². The van der Waals surface area contributed by atoms with Crippen LogP contribution in [-0.2, 0) is 14.3 Å². The van der Waals surface area contributed by atoms with Gasteiger partial charge >= 0.3 is 5.97 Å². The van der Waals surface area contributed by atoms with E-state index in [1.165, 1.54) is 7.11 Å². The zero-order valence-electron chi connectivity index (χ0n) is 12.9. The van der Waals surface area contributed by atoms with Crippen molar-refractivity contribution >= 4 is 35.1 Å². The third kappa shape index (κ3) is 4.45. The molecule has 0 bridgehead atoms. The number of amides is 2. The molecule has 1 aliphatic heterocycles. The predicted octanol–water partition coefficient (Wildman–Crippen LogP) is 2.15. The Kier molecular flexibility index (Phi) is 5.98. The molecule has 1 aliphatic rings. The number of rotatable bonds is 6. The van der Waals surface area contributed by atoms with Crippen LogP contribution in [-0.4, -0.2) is 38.0 Å². The Bertz CT molecular complexity index is 618. The lowest BCUT2D eigenvalue weighted by Gasteiger charge is -2.19. The van der Waals surface area contributed by atoms with Gasteiger partial charge in [0.1, 0.15) is 0 Å². The normalized spacial score (nSPS) is 14.0. The molecular weight excluding hydrogens is 320 g/mol. The van der Waals surface area contributed by atoms with Gasteiger partial charge in [0.25, 0.3) is 5.91 Å². The smallest absolute Gasteiger partial charge is 0.305 e. The fraction of sp³-hybridized carbons (Fsp3) is 0.438. The molecule has 1 fully saturated rings. The minimum atomic E-state index is -0.311. The van der Waals surface area contributed by atoms with Gasteiger partial charge in [0.15, 0.2) is 0 Å². The number of carbonyl (C=O) groups excluding carboxylic acids is 3. The lowest BCUT2D eigenvalue weighted by molar-refractivity contribution is -0.140. The van der Waals surface area contributed by atoms with E-state index in [1.807, 2.05) is 0 Å². The Morgan fingerprint density at radius 1 is 1.39 bits per heavy atom. The second-order valence-electron chi connectivity index (χ2n) is 5.25. The summed E-state index contributed by atoms with van der Waals surface area (Å²) in [6.45, 7) is 0.936. The van der Waals surface area contributed by atoms with Gasteiger partial charge in [-0.15, -0.1) is 0 Å². The van der Waals surface area contributed by atoms with Crippen LogP contribution in [0.25, 0.3) is 0 Å². The number of hydrogen-bond donors (Lipinski definition) is 1. The maximum absolute atomic E-state index is 12.3. The first-order chi connectivity index (χ1) is 11.0. The van der Waals surface area contributed by atoms with Gasteiger partial charge in [-0.1, -0.05) is 11.6 Å². The van der Waals surface area contributed by atoms with E-state index < -0.39 is 0 Å². The van der Waals surface area contributed by atoms with Crippen molar-refractivity contribution < 1.29 is 19.1 Å². The lowest BCUT2D eigenvalue weighted by atomic mass is 10.1. The summed E-state index contributed by atoms with van der Waals surface area (Å²) in [6.07, 6.45) is 1.98. The van der Waals surface area contributed by atoms with Crippen LogP contribution in [0.4, 0.5) is 5.69 Å². The van der Waals surface area contributed by atoms with E-state index in [-0.39, 0.29) is 24.2 Å². The van der Waals surface area contributed by atoms with Crippen LogP contribution in [0.5, 0.6) is 0 Å². The van der Waals surface area contributed by atoms with Gasteiger partial charge in [0.05, 0.1) is 18.4 Å². The van der Waals surface area contributed by atoms with Crippen molar-refractivity contribution in [3.63, 3.8) is 0 Å². The number of ether oxygens (including phenoxy) is 1. The number of halogens is 1. The molecule has 23 heavy (non-hydrogen) atoms. The van der Waals surface area contributed by atoms with Crippen molar-refractivity contribution in [1.29, 1.82) is 0 Å². The second kappa shape index (κ2) is 7.97. The molecule has 2 amide bonds. The lowest BCUT2D eigenvalue weighted by Crippen LogP contribution is -2.30. The van der Waals surface area contributed by atoms with Crippen LogP contribution in [0, 0.1) is 0 Å². The van der Waals surface area contributed by atoms with Gasteiger partial charge in [-0.05, 0) is 31.0 Å². The number of nitrogens with zero attached hydrogens (tertiary/aromatic N) is 1. The van der Waals surface area contributed by atoms with Crippen LogP contribution in [0.3, 0.4) is 0 Å². The van der Waals surface area contributed by atoms with Crippen LogP contribution >= 0.6 is 11.6 Å². The average Bonchev–Trinajstić information content (AvgIpc) is 2.96. The SMILES string of the molecule is COC(=O)CCCNC(=O)c1ccc(Cl)cc1N1CCCC1=O. The summed E-state index contributed by atoms with van der Waals surface area (Å²) in [7, 11) is 1.33. The molecular formula is C16H19ClN2O4. The molecule has 124 valence electrons. The number of hydrogen-bond acceptors (Lipinski definition) is 4. The van der Waals surface area contributed by atoms with Crippen molar-refractivity contribution in [2.24, 2.45) is 0 Å². The van der Waals surface area contributed by atoms with E-state index in [0.717, 1.165) is 6.42 Å². The first-order valence-corrected chi connectivity index (χ1v) is 7.85. The van der Waals surface area contributed by atoms with Gasteiger partial charge in [-0.3, -0.25) is 14.4 Å². The van der Waals surface area contributed by atoms with Crippen LogP contribution in [0.1, 0.15) is 36.0 Å². The van der Waals surface area contributed by atoms with Crippen LogP contribution in [0.2, 0.25) is 5.02 Å². The van der Waals surface area contributed by atoms with Gasteiger partial charge in [-0.2, -0.15) is 0 Å². The number of benzene rings is 1. The fourth-order valence-electron chi connectivity index (χ4n) is 2.45. The molecule has 0 spiro atoms. The van der Waals surface area contributed by atoms with Crippen molar-refractivity contribution in [3.05, 3.63) is 28.8 Å². The summed E-state index contributed by atoms with van der Waals surface area (Å²) >= 11 is 6.00. The second-order valence-corrected chi connectivity index (χ2v) is 5.68. The maximum Gasteiger partial charge on any atom is 0.305 e. The zero-order valence-corrected chi connectivity index (χ0v) is 13.7. The Hall–Kier alpha value is -2.08. The number of carbonyl (C=O) groups is 3. The molecule has 1 aromatic rings. The Morgan fingerprint density at radius 3 is 2.83 bits per heavy atom. The molecule has 0 unspecified atom stereocenters. The highest BCUT2D eigenvalue weighted by Crippen LogP contribution is 2.28. The van der Waals surface area contributed by atoms with E-state index in [4.69, 9.17) is 11.6 Å². The molecule has 0 aliphatic carbocycles. The fourth-order valence-corrected chi connectivity index (χ4v) is 2.62. The van der Waals surface area contributed by atoms with E-state index in [1.54, 1.807) is 23.1 Å². The van der Waals surface area contributed by atoms with Crippen molar-refractivity contribution in [2.75, 3.05) is 25.1 Å². The minimum absolute atomic E-state index is 0.00740. The number of nitrogens with one attached hydrogen (secondary N) is 1. The van der Waals surface area contributed by atoms with E-state index >= 15 is 0 Å². The molecule has 0 saturated carbocycles. The van der Waals surface area contributed by atoms with Crippen molar-refractivity contribution in [2.45, 2.75) is 25.7 Å².